The summed E-state index contributed by atoms with van der Waals surface area (Å²) < 4.78 is 5.31. The standard InChI is InChI=1S/C20H26N4O4/c25-18(15-5-6-15)22-7-9-24(10-8-22)20(27)21-17-4-2-1-3-16(17)19(26)23-11-13-28-14-12-23/h1-4,15H,5-14H2,(H,21,27). The van der Waals surface area contributed by atoms with Crippen LogP contribution in [0.15, 0.2) is 24.3 Å². The van der Waals surface area contributed by atoms with Gasteiger partial charge in [-0.2, -0.15) is 0 Å². The Morgan fingerprint density at radius 2 is 1.50 bits per heavy atom. The van der Waals surface area contributed by atoms with E-state index in [4.69, 9.17) is 4.74 Å². The molecule has 8 nitrogen and oxygen atoms in total. The summed E-state index contributed by atoms with van der Waals surface area (Å²) in [5.41, 5.74) is 1.00. The SMILES string of the molecule is O=C(Nc1ccccc1C(=O)N1CCOCC1)N1CCN(C(=O)C2CC2)CC1. The summed E-state index contributed by atoms with van der Waals surface area (Å²) in [7, 11) is 0. The number of urea groups is 1. The topological polar surface area (TPSA) is 82.2 Å². The molecule has 0 aromatic heterocycles. The number of morpholine rings is 1. The van der Waals surface area contributed by atoms with Gasteiger partial charge in [0.15, 0.2) is 0 Å². The first kappa shape index (κ1) is 18.7. The van der Waals surface area contributed by atoms with Crippen molar-refractivity contribution in [3.63, 3.8) is 0 Å². The molecule has 2 aliphatic heterocycles. The predicted molar refractivity (Wildman–Crippen MR) is 103 cm³/mol. The maximum Gasteiger partial charge on any atom is 0.321 e. The fourth-order valence-corrected chi connectivity index (χ4v) is 3.63. The van der Waals surface area contributed by atoms with Gasteiger partial charge in [-0.15, -0.1) is 0 Å². The zero-order chi connectivity index (χ0) is 19.5. The molecule has 0 unspecified atom stereocenters. The molecule has 0 spiro atoms. The molecule has 1 aromatic rings. The minimum Gasteiger partial charge on any atom is -0.378 e. The average Bonchev–Trinajstić information content (AvgIpc) is 3.59. The molecular weight excluding hydrogens is 360 g/mol. The summed E-state index contributed by atoms with van der Waals surface area (Å²) in [6, 6.07) is 6.85. The Labute approximate surface area is 164 Å². The van der Waals surface area contributed by atoms with Crippen molar-refractivity contribution in [3.8, 4) is 0 Å². The Morgan fingerprint density at radius 1 is 0.857 bits per heavy atom. The molecule has 28 heavy (non-hydrogen) atoms. The third-order valence-electron chi connectivity index (χ3n) is 5.50. The maximum absolute atomic E-state index is 12.8. The quantitative estimate of drug-likeness (QED) is 0.848. The van der Waals surface area contributed by atoms with Crippen molar-refractivity contribution < 1.29 is 19.1 Å². The number of nitrogens with one attached hydrogen (secondary N) is 1. The van der Waals surface area contributed by atoms with E-state index >= 15 is 0 Å². The number of hydrogen-bond donors (Lipinski definition) is 1. The summed E-state index contributed by atoms with van der Waals surface area (Å²) in [5.74, 6) is 0.332. The average molecular weight is 386 g/mol. The Bertz CT molecular complexity index is 750. The number of anilines is 1. The number of rotatable bonds is 3. The van der Waals surface area contributed by atoms with E-state index in [-0.39, 0.29) is 23.8 Å². The van der Waals surface area contributed by atoms with Crippen LogP contribution in [0.25, 0.3) is 0 Å². The van der Waals surface area contributed by atoms with Crippen molar-refractivity contribution in [1.82, 2.24) is 14.7 Å². The van der Waals surface area contributed by atoms with Crippen LogP contribution in [0.2, 0.25) is 0 Å². The molecule has 4 amide bonds. The Kier molecular flexibility index (Phi) is 5.47. The van der Waals surface area contributed by atoms with Crippen LogP contribution in [0, 0.1) is 5.92 Å². The molecule has 150 valence electrons. The highest BCUT2D eigenvalue weighted by Gasteiger charge is 2.35. The van der Waals surface area contributed by atoms with Crippen LogP contribution in [-0.2, 0) is 9.53 Å². The second-order valence-electron chi connectivity index (χ2n) is 7.47. The maximum atomic E-state index is 12.8. The summed E-state index contributed by atoms with van der Waals surface area (Å²) in [6.07, 6.45) is 1.99. The van der Waals surface area contributed by atoms with Gasteiger partial charge >= 0.3 is 6.03 Å². The van der Waals surface area contributed by atoms with Crippen LogP contribution in [-0.4, -0.2) is 85.0 Å². The minimum absolute atomic E-state index is 0.0981. The highest BCUT2D eigenvalue weighted by atomic mass is 16.5. The van der Waals surface area contributed by atoms with Crippen molar-refractivity contribution in [2.24, 2.45) is 5.92 Å². The van der Waals surface area contributed by atoms with Crippen LogP contribution < -0.4 is 5.32 Å². The van der Waals surface area contributed by atoms with E-state index in [1.807, 2.05) is 4.90 Å². The van der Waals surface area contributed by atoms with Gasteiger partial charge in [0.2, 0.25) is 5.91 Å². The summed E-state index contributed by atoms with van der Waals surface area (Å²) in [5, 5.41) is 2.88. The lowest BCUT2D eigenvalue weighted by Crippen LogP contribution is -2.52. The van der Waals surface area contributed by atoms with Crippen LogP contribution in [0.4, 0.5) is 10.5 Å². The number of ether oxygens (including phenoxy) is 1. The number of carbonyl (C=O) groups excluding carboxylic acids is 3. The van der Waals surface area contributed by atoms with Crippen molar-refractivity contribution in [2.75, 3.05) is 57.8 Å². The van der Waals surface area contributed by atoms with Gasteiger partial charge in [0.05, 0.1) is 24.5 Å². The fraction of sp³-hybridized carbons (Fsp3) is 0.550. The van der Waals surface area contributed by atoms with E-state index in [0.29, 0.717) is 63.7 Å². The van der Waals surface area contributed by atoms with Gasteiger partial charge in [-0.1, -0.05) is 12.1 Å². The minimum atomic E-state index is -0.235. The van der Waals surface area contributed by atoms with Gasteiger partial charge in [0.25, 0.3) is 5.91 Å². The van der Waals surface area contributed by atoms with Gasteiger partial charge in [0, 0.05) is 45.2 Å². The molecule has 0 radical (unpaired) electrons. The highest BCUT2D eigenvalue weighted by Crippen LogP contribution is 2.31. The predicted octanol–water partition coefficient (Wildman–Crippen LogP) is 1.25. The van der Waals surface area contributed by atoms with Gasteiger partial charge < -0.3 is 24.8 Å². The van der Waals surface area contributed by atoms with E-state index in [2.05, 4.69) is 5.32 Å². The molecular formula is C20H26N4O4. The van der Waals surface area contributed by atoms with Crippen molar-refractivity contribution in [3.05, 3.63) is 29.8 Å². The second kappa shape index (κ2) is 8.18. The largest absolute Gasteiger partial charge is 0.378 e. The van der Waals surface area contributed by atoms with Crippen molar-refractivity contribution >= 4 is 23.5 Å². The third kappa shape index (κ3) is 4.11. The number of nitrogens with zero attached hydrogens (tertiary/aromatic N) is 3. The van der Waals surface area contributed by atoms with Crippen LogP contribution in [0.3, 0.4) is 0 Å². The van der Waals surface area contributed by atoms with E-state index < -0.39 is 0 Å². The first-order valence-corrected chi connectivity index (χ1v) is 9.94. The first-order valence-electron chi connectivity index (χ1n) is 9.94. The molecule has 8 heteroatoms. The van der Waals surface area contributed by atoms with E-state index in [9.17, 15) is 14.4 Å². The first-order chi connectivity index (χ1) is 13.6. The highest BCUT2D eigenvalue weighted by molar-refractivity contribution is 6.03. The summed E-state index contributed by atoms with van der Waals surface area (Å²) >= 11 is 0. The Hall–Kier alpha value is -2.61. The van der Waals surface area contributed by atoms with Gasteiger partial charge in [-0.3, -0.25) is 9.59 Å². The Balaban J connectivity index is 1.37. The van der Waals surface area contributed by atoms with Crippen molar-refractivity contribution in [1.29, 1.82) is 0 Å². The molecule has 2 heterocycles. The molecule has 0 bridgehead atoms. The molecule has 2 saturated heterocycles. The summed E-state index contributed by atoms with van der Waals surface area (Å²) in [6.45, 7) is 4.31. The second-order valence-corrected chi connectivity index (χ2v) is 7.47. The van der Waals surface area contributed by atoms with Crippen LogP contribution >= 0.6 is 0 Å². The van der Waals surface area contributed by atoms with E-state index in [1.165, 1.54) is 0 Å². The third-order valence-corrected chi connectivity index (χ3v) is 5.50. The number of carbonyl (C=O) groups is 3. The van der Waals surface area contributed by atoms with E-state index in [1.54, 1.807) is 34.1 Å². The smallest absolute Gasteiger partial charge is 0.321 e. The zero-order valence-electron chi connectivity index (χ0n) is 15.9. The summed E-state index contributed by atoms with van der Waals surface area (Å²) in [4.78, 5) is 43.0. The Morgan fingerprint density at radius 3 is 2.18 bits per heavy atom. The molecule has 1 aliphatic carbocycles. The van der Waals surface area contributed by atoms with Crippen LogP contribution in [0.5, 0.6) is 0 Å². The molecule has 1 aromatic carbocycles. The zero-order valence-corrected chi connectivity index (χ0v) is 15.9. The number of para-hydroxylation sites is 1. The molecule has 1 N–H and O–H groups in total. The van der Waals surface area contributed by atoms with E-state index in [0.717, 1.165) is 12.8 Å². The fourth-order valence-electron chi connectivity index (χ4n) is 3.63. The number of piperazine rings is 1. The lowest BCUT2D eigenvalue weighted by Gasteiger charge is -2.35. The number of benzene rings is 1. The molecule has 4 rings (SSSR count). The lowest BCUT2D eigenvalue weighted by atomic mass is 10.1. The van der Waals surface area contributed by atoms with Crippen molar-refractivity contribution in [2.45, 2.75) is 12.8 Å². The van der Waals surface area contributed by atoms with Gasteiger partial charge in [-0.05, 0) is 25.0 Å². The van der Waals surface area contributed by atoms with Gasteiger partial charge in [-0.25, -0.2) is 4.79 Å². The normalized spacial score (nSPS) is 20.1. The van der Waals surface area contributed by atoms with Gasteiger partial charge in [0.1, 0.15) is 0 Å². The monoisotopic (exact) mass is 386 g/mol. The lowest BCUT2D eigenvalue weighted by molar-refractivity contribution is -0.133. The number of amides is 4. The molecule has 0 atom stereocenters. The molecule has 3 fully saturated rings. The molecule has 1 saturated carbocycles. The van der Waals surface area contributed by atoms with Crippen LogP contribution in [0.1, 0.15) is 23.2 Å². The number of hydrogen-bond acceptors (Lipinski definition) is 4. The molecule has 3 aliphatic rings.